The molecule has 1 aliphatic heterocycles. The molecule has 0 aromatic carbocycles. The average molecular weight is 261 g/mol. The second kappa shape index (κ2) is 6.95. The number of unbranched alkanes of at least 4 members (excludes halogenated alkanes) is 2. The van der Waals surface area contributed by atoms with Gasteiger partial charge in [0, 0.05) is 19.5 Å². The zero-order valence-corrected chi connectivity index (χ0v) is 11.5. The molecule has 0 unspecified atom stereocenters. The van der Waals surface area contributed by atoms with Crippen LogP contribution in [0.1, 0.15) is 38.3 Å². The van der Waals surface area contributed by atoms with E-state index >= 15 is 0 Å². The van der Waals surface area contributed by atoms with E-state index in [0.29, 0.717) is 11.6 Å². The van der Waals surface area contributed by atoms with Gasteiger partial charge in [-0.2, -0.15) is 0 Å². The second-order valence-electron chi connectivity index (χ2n) is 4.66. The minimum Gasteiger partial charge on any atom is -0.382 e. The lowest BCUT2D eigenvalue weighted by Gasteiger charge is -2.21. The first-order valence-corrected chi connectivity index (χ1v) is 6.66. The summed E-state index contributed by atoms with van der Waals surface area (Å²) >= 11 is 0. The number of likely N-dealkylation sites (N-methyl/N-ethyl adjacent to an activating group) is 1. The van der Waals surface area contributed by atoms with Gasteiger partial charge in [-0.15, -0.1) is 0 Å². The fourth-order valence-corrected chi connectivity index (χ4v) is 1.91. The van der Waals surface area contributed by atoms with Crippen LogP contribution in [0.2, 0.25) is 0 Å². The smallest absolute Gasteiger partial charge is 0.298 e. The van der Waals surface area contributed by atoms with Gasteiger partial charge >= 0.3 is 0 Å². The third-order valence-electron chi connectivity index (χ3n) is 2.98. The van der Waals surface area contributed by atoms with Crippen molar-refractivity contribution in [2.75, 3.05) is 20.1 Å². The van der Waals surface area contributed by atoms with E-state index in [9.17, 15) is 0 Å². The standard InChI is InChI=1S/C14H19N3O2/c1-3-4-5-6-10-18-14-13(15-19-16-14)12-8-7-9-17(2)11-12/h8H,3-5,7,9,11H2,1-2H3. The first kappa shape index (κ1) is 13.6. The molecule has 1 aromatic heterocycles. The lowest BCUT2D eigenvalue weighted by molar-refractivity contribution is 0.291. The van der Waals surface area contributed by atoms with Crippen LogP contribution in [0.15, 0.2) is 10.7 Å². The normalized spacial score (nSPS) is 15.6. The Morgan fingerprint density at radius 3 is 3.16 bits per heavy atom. The van der Waals surface area contributed by atoms with Crippen LogP contribution in [-0.4, -0.2) is 35.4 Å². The molecule has 2 heterocycles. The highest BCUT2D eigenvalue weighted by Crippen LogP contribution is 2.25. The Morgan fingerprint density at radius 2 is 2.37 bits per heavy atom. The minimum atomic E-state index is 0.366. The lowest BCUT2D eigenvalue weighted by Crippen LogP contribution is -2.25. The van der Waals surface area contributed by atoms with E-state index in [1.54, 1.807) is 0 Å². The van der Waals surface area contributed by atoms with Crippen LogP contribution < -0.4 is 4.74 Å². The van der Waals surface area contributed by atoms with Crippen molar-refractivity contribution >= 4 is 5.57 Å². The van der Waals surface area contributed by atoms with Crippen molar-refractivity contribution in [2.24, 2.45) is 0 Å². The van der Waals surface area contributed by atoms with Crippen molar-refractivity contribution < 1.29 is 9.37 Å². The molecule has 0 amide bonds. The van der Waals surface area contributed by atoms with Gasteiger partial charge in [-0.05, 0) is 35.8 Å². The van der Waals surface area contributed by atoms with Gasteiger partial charge in [0.2, 0.25) is 0 Å². The molecule has 0 atom stereocenters. The van der Waals surface area contributed by atoms with E-state index < -0.39 is 0 Å². The van der Waals surface area contributed by atoms with Gasteiger partial charge in [0.05, 0.1) is 0 Å². The summed E-state index contributed by atoms with van der Waals surface area (Å²) in [5, 5.41) is 7.68. The van der Waals surface area contributed by atoms with Gasteiger partial charge in [-0.25, -0.2) is 4.63 Å². The summed E-state index contributed by atoms with van der Waals surface area (Å²) in [6, 6.07) is 0. The summed E-state index contributed by atoms with van der Waals surface area (Å²) in [6.45, 7) is 4.02. The zero-order valence-electron chi connectivity index (χ0n) is 11.5. The Hall–Kier alpha value is -1.80. The van der Waals surface area contributed by atoms with Crippen molar-refractivity contribution in [1.29, 1.82) is 0 Å². The van der Waals surface area contributed by atoms with E-state index in [1.165, 1.54) is 0 Å². The summed E-state index contributed by atoms with van der Waals surface area (Å²) < 4.78 is 10.1. The highest BCUT2D eigenvalue weighted by atomic mass is 16.6. The third-order valence-corrected chi connectivity index (χ3v) is 2.98. The molecule has 5 nitrogen and oxygen atoms in total. The van der Waals surface area contributed by atoms with Gasteiger partial charge in [0.1, 0.15) is 6.11 Å². The van der Waals surface area contributed by atoms with Crippen molar-refractivity contribution in [3.8, 4) is 17.9 Å². The molecular formula is C14H19N3O2. The summed E-state index contributed by atoms with van der Waals surface area (Å²) in [5.74, 6) is 3.32. The molecule has 0 bridgehead atoms. The SMILES string of the molecule is CCCCC#COc1nonc1C1=CCCN(C)C1. The molecule has 2 rings (SSSR count). The van der Waals surface area contributed by atoms with Gasteiger partial charge < -0.3 is 9.64 Å². The Balaban J connectivity index is 2.01. The van der Waals surface area contributed by atoms with Crippen LogP contribution in [0.25, 0.3) is 5.57 Å². The fraction of sp³-hybridized carbons (Fsp3) is 0.571. The quantitative estimate of drug-likeness (QED) is 0.615. The van der Waals surface area contributed by atoms with Crippen LogP contribution in [-0.2, 0) is 0 Å². The lowest BCUT2D eigenvalue weighted by atomic mass is 10.1. The van der Waals surface area contributed by atoms with E-state index in [0.717, 1.165) is 44.3 Å². The number of hydrogen-bond donors (Lipinski definition) is 0. The van der Waals surface area contributed by atoms with Crippen LogP contribution in [0.3, 0.4) is 0 Å². The van der Waals surface area contributed by atoms with Gasteiger partial charge in [0.25, 0.3) is 5.88 Å². The number of rotatable bonds is 4. The largest absolute Gasteiger partial charge is 0.382 e. The summed E-state index contributed by atoms with van der Waals surface area (Å²) in [6.07, 6.45) is 8.86. The number of ether oxygens (including phenoxy) is 1. The molecule has 0 fully saturated rings. The molecule has 1 aliphatic rings. The topological polar surface area (TPSA) is 51.4 Å². The van der Waals surface area contributed by atoms with Crippen LogP contribution in [0, 0.1) is 12.0 Å². The molecule has 5 heteroatoms. The number of hydrogen-bond acceptors (Lipinski definition) is 5. The molecule has 0 aliphatic carbocycles. The van der Waals surface area contributed by atoms with Gasteiger partial charge in [0.15, 0.2) is 5.69 Å². The first-order valence-electron chi connectivity index (χ1n) is 6.66. The fourth-order valence-electron chi connectivity index (χ4n) is 1.91. The molecular weight excluding hydrogens is 242 g/mol. The maximum Gasteiger partial charge on any atom is 0.298 e. The highest BCUT2D eigenvalue weighted by Gasteiger charge is 2.19. The molecule has 0 radical (unpaired) electrons. The molecule has 1 aromatic rings. The van der Waals surface area contributed by atoms with Crippen LogP contribution in [0.5, 0.6) is 5.88 Å². The van der Waals surface area contributed by atoms with E-state index in [4.69, 9.17) is 9.37 Å². The number of aromatic nitrogens is 2. The van der Waals surface area contributed by atoms with Gasteiger partial charge in [-0.3, -0.25) is 0 Å². The monoisotopic (exact) mass is 261 g/mol. The van der Waals surface area contributed by atoms with Crippen molar-refractivity contribution in [3.05, 3.63) is 11.8 Å². The Morgan fingerprint density at radius 1 is 1.47 bits per heavy atom. The minimum absolute atomic E-state index is 0.366. The van der Waals surface area contributed by atoms with Crippen LogP contribution in [0.4, 0.5) is 0 Å². The van der Waals surface area contributed by atoms with Crippen LogP contribution >= 0.6 is 0 Å². The molecule has 0 saturated heterocycles. The molecule has 19 heavy (non-hydrogen) atoms. The first-order chi connectivity index (χ1) is 9.31. The molecule has 0 spiro atoms. The zero-order chi connectivity index (χ0) is 13.5. The predicted molar refractivity (Wildman–Crippen MR) is 72.3 cm³/mol. The second-order valence-corrected chi connectivity index (χ2v) is 4.66. The average Bonchev–Trinajstić information content (AvgIpc) is 2.87. The maximum atomic E-state index is 5.32. The van der Waals surface area contributed by atoms with Crippen molar-refractivity contribution in [2.45, 2.75) is 32.6 Å². The van der Waals surface area contributed by atoms with E-state index in [-0.39, 0.29) is 0 Å². The molecule has 102 valence electrons. The Labute approximate surface area is 113 Å². The Kier molecular flexibility index (Phi) is 4.99. The Bertz CT molecular complexity index is 496. The van der Waals surface area contributed by atoms with Crippen molar-refractivity contribution in [3.63, 3.8) is 0 Å². The molecule has 0 N–H and O–H groups in total. The number of nitrogens with zero attached hydrogens (tertiary/aromatic N) is 3. The van der Waals surface area contributed by atoms with E-state index in [1.807, 2.05) is 0 Å². The summed E-state index contributed by atoms with van der Waals surface area (Å²) in [7, 11) is 2.07. The van der Waals surface area contributed by atoms with E-state index in [2.05, 4.69) is 47.3 Å². The third kappa shape index (κ3) is 3.83. The summed E-state index contributed by atoms with van der Waals surface area (Å²) in [4.78, 5) is 2.22. The molecule has 0 saturated carbocycles. The van der Waals surface area contributed by atoms with Crippen molar-refractivity contribution in [1.82, 2.24) is 15.2 Å². The predicted octanol–water partition coefficient (Wildman–Crippen LogP) is 2.32. The highest BCUT2D eigenvalue weighted by molar-refractivity contribution is 5.67. The maximum absolute atomic E-state index is 5.32. The van der Waals surface area contributed by atoms with Gasteiger partial charge in [-0.1, -0.05) is 25.3 Å². The summed E-state index contributed by atoms with van der Waals surface area (Å²) in [5.41, 5.74) is 1.75.